The molecule has 1 aromatic carbocycles. The van der Waals surface area contributed by atoms with E-state index in [0.717, 1.165) is 34.2 Å². The highest BCUT2D eigenvalue weighted by Gasteiger charge is 2.26. The zero-order chi connectivity index (χ0) is 25.4. The molecule has 0 spiro atoms. The first-order chi connectivity index (χ1) is 16.8. The Kier molecular flexibility index (Phi) is 11.0. The van der Waals surface area contributed by atoms with Crippen LogP contribution >= 0.6 is 0 Å². The molecule has 8 heteroatoms. The van der Waals surface area contributed by atoms with E-state index in [4.69, 9.17) is 9.47 Å². The number of rotatable bonds is 12. The predicted molar refractivity (Wildman–Crippen MR) is 141 cm³/mol. The molecule has 1 heterocycles. The molecule has 1 amide bonds. The molecule has 1 saturated heterocycles. The second-order valence-corrected chi connectivity index (χ2v) is 12.0. The molecular weight excluding hydrogens is 462 g/mol. The number of ether oxygens (including phenoxy) is 2. The maximum absolute atomic E-state index is 13.0. The number of hydrogen-bond donors (Lipinski definition) is 0. The van der Waals surface area contributed by atoms with Gasteiger partial charge in [-0.25, -0.2) is 8.51 Å². The van der Waals surface area contributed by atoms with Gasteiger partial charge in [0.25, 0.3) is 0 Å². The van der Waals surface area contributed by atoms with Gasteiger partial charge in [-0.15, -0.1) is 0 Å². The molecule has 1 aliphatic heterocycles. The van der Waals surface area contributed by atoms with Crippen LogP contribution in [-0.2, 0) is 20.5 Å². The smallest absolute Gasteiger partial charge is 0.248 e. The van der Waals surface area contributed by atoms with Crippen molar-refractivity contribution in [2.75, 3.05) is 67.1 Å². The SMILES string of the molecule is COc1cc(C)c(S(=O)N(C)CCOCC(=O)N(C)CC2CCCC(CN3CCCC3)C2)c(C)c1. The zero-order valence-corrected chi connectivity index (χ0v) is 23.2. The number of carbonyl (C=O) groups excluding carboxylic acids is 1. The molecular formula is C27H45N3O4S. The molecule has 1 aromatic rings. The minimum Gasteiger partial charge on any atom is -0.497 e. The lowest BCUT2D eigenvalue weighted by Crippen LogP contribution is -2.38. The van der Waals surface area contributed by atoms with Crippen LogP contribution in [0.2, 0.25) is 0 Å². The van der Waals surface area contributed by atoms with Crippen molar-refractivity contribution >= 4 is 16.9 Å². The molecule has 35 heavy (non-hydrogen) atoms. The van der Waals surface area contributed by atoms with Crippen molar-refractivity contribution in [3.05, 3.63) is 23.3 Å². The lowest BCUT2D eigenvalue weighted by Gasteiger charge is -2.33. The lowest BCUT2D eigenvalue weighted by atomic mass is 9.81. The lowest BCUT2D eigenvalue weighted by molar-refractivity contribution is -0.135. The molecule has 0 bridgehead atoms. The number of methoxy groups -OCH3 is 1. The average Bonchev–Trinajstić information content (AvgIpc) is 3.34. The molecule has 1 aliphatic carbocycles. The van der Waals surface area contributed by atoms with Crippen LogP contribution in [0.3, 0.4) is 0 Å². The minimum absolute atomic E-state index is 0.0253. The molecule has 3 rings (SSSR count). The summed E-state index contributed by atoms with van der Waals surface area (Å²) in [6, 6.07) is 3.81. The van der Waals surface area contributed by atoms with Crippen LogP contribution in [0.15, 0.2) is 17.0 Å². The molecule has 0 radical (unpaired) electrons. The first-order valence-corrected chi connectivity index (χ1v) is 14.2. The summed E-state index contributed by atoms with van der Waals surface area (Å²) < 4.78 is 25.8. The highest BCUT2D eigenvalue weighted by atomic mass is 32.2. The highest BCUT2D eigenvalue weighted by molar-refractivity contribution is 7.82. The van der Waals surface area contributed by atoms with Crippen molar-refractivity contribution in [1.82, 2.24) is 14.1 Å². The van der Waals surface area contributed by atoms with Crippen LogP contribution in [0.1, 0.15) is 49.7 Å². The van der Waals surface area contributed by atoms with E-state index in [-0.39, 0.29) is 12.5 Å². The van der Waals surface area contributed by atoms with E-state index in [2.05, 4.69) is 4.90 Å². The van der Waals surface area contributed by atoms with Crippen LogP contribution < -0.4 is 4.74 Å². The van der Waals surface area contributed by atoms with Crippen molar-refractivity contribution in [2.24, 2.45) is 11.8 Å². The molecule has 7 nitrogen and oxygen atoms in total. The summed E-state index contributed by atoms with van der Waals surface area (Å²) in [5.74, 6) is 2.16. The number of likely N-dealkylation sites (tertiary alicyclic amines) is 1. The third-order valence-corrected chi connectivity index (χ3v) is 9.21. The topological polar surface area (TPSA) is 62.3 Å². The van der Waals surface area contributed by atoms with E-state index >= 15 is 0 Å². The van der Waals surface area contributed by atoms with E-state index in [1.807, 2.05) is 45.0 Å². The number of carbonyl (C=O) groups is 1. The molecule has 3 unspecified atom stereocenters. The zero-order valence-electron chi connectivity index (χ0n) is 22.4. The molecule has 0 aromatic heterocycles. The third kappa shape index (κ3) is 8.27. The monoisotopic (exact) mass is 507 g/mol. The van der Waals surface area contributed by atoms with Gasteiger partial charge in [0, 0.05) is 33.7 Å². The van der Waals surface area contributed by atoms with E-state index in [9.17, 15) is 9.00 Å². The number of aryl methyl sites for hydroxylation is 2. The van der Waals surface area contributed by atoms with Gasteiger partial charge in [-0.1, -0.05) is 6.42 Å². The number of amides is 1. The number of nitrogens with zero attached hydrogens (tertiary/aromatic N) is 3. The van der Waals surface area contributed by atoms with Crippen molar-refractivity contribution in [3.8, 4) is 5.75 Å². The van der Waals surface area contributed by atoms with Gasteiger partial charge in [-0.2, -0.15) is 0 Å². The van der Waals surface area contributed by atoms with Gasteiger partial charge >= 0.3 is 0 Å². The van der Waals surface area contributed by atoms with Crippen LogP contribution in [0, 0.1) is 25.7 Å². The molecule has 2 aliphatic rings. The largest absolute Gasteiger partial charge is 0.497 e. The fourth-order valence-corrected chi connectivity index (χ4v) is 6.78. The van der Waals surface area contributed by atoms with Crippen LogP contribution in [-0.4, -0.2) is 91.4 Å². The number of hydrogen-bond acceptors (Lipinski definition) is 5. The van der Waals surface area contributed by atoms with Gasteiger partial charge in [-0.3, -0.25) is 4.79 Å². The number of benzene rings is 1. The first-order valence-electron chi connectivity index (χ1n) is 13.1. The van der Waals surface area contributed by atoms with E-state index < -0.39 is 11.0 Å². The van der Waals surface area contributed by atoms with Crippen LogP contribution in [0.25, 0.3) is 0 Å². The second-order valence-electron chi connectivity index (χ2n) is 10.4. The fraction of sp³-hybridized carbons (Fsp3) is 0.741. The van der Waals surface area contributed by atoms with Crippen molar-refractivity contribution in [1.29, 1.82) is 0 Å². The molecule has 2 fully saturated rings. The molecule has 3 atom stereocenters. The Morgan fingerprint density at radius 3 is 2.40 bits per heavy atom. The molecule has 0 N–H and O–H groups in total. The van der Waals surface area contributed by atoms with Crippen LogP contribution in [0.5, 0.6) is 5.75 Å². The number of likely N-dealkylation sites (N-methyl/N-ethyl adjacent to an activating group) is 2. The summed E-state index contributed by atoms with van der Waals surface area (Å²) in [6.45, 7) is 9.39. The molecule has 198 valence electrons. The maximum atomic E-state index is 13.0. The van der Waals surface area contributed by atoms with E-state index in [1.165, 1.54) is 58.2 Å². The minimum atomic E-state index is -1.30. The van der Waals surface area contributed by atoms with Crippen molar-refractivity contribution < 1.29 is 18.5 Å². The van der Waals surface area contributed by atoms with E-state index in [1.54, 1.807) is 11.4 Å². The Morgan fingerprint density at radius 1 is 1.09 bits per heavy atom. The van der Waals surface area contributed by atoms with Gasteiger partial charge in [0.15, 0.2) is 0 Å². The summed E-state index contributed by atoms with van der Waals surface area (Å²) in [7, 11) is 4.05. The van der Waals surface area contributed by atoms with Crippen LogP contribution in [0.4, 0.5) is 0 Å². The quantitative estimate of drug-likeness (QED) is 0.404. The van der Waals surface area contributed by atoms with Gasteiger partial charge in [0.05, 0.1) is 18.6 Å². The van der Waals surface area contributed by atoms with Gasteiger partial charge < -0.3 is 19.3 Å². The standard InChI is InChI=1S/C27H45N3O4S/c1-21-15-25(33-5)16-22(2)27(21)35(32)29(4)13-14-34-20-26(31)28(3)18-23-9-8-10-24(17-23)19-30-11-6-7-12-30/h15-16,23-24H,6-14,17-20H2,1-5H3. The normalized spacial score (nSPS) is 21.9. The highest BCUT2D eigenvalue weighted by Crippen LogP contribution is 2.31. The maximum Gasteiger partial charge on any atom is 0.248 e. The van der Waals surface area contributed by atoms with Gasteiger partial charge in [0.2, 0.25) is 5.91 Å². The van der Waals surface area contributed by atoms with Gasteiger partial charge in [-0.05, 0) is 94.1 Å². The average molecular weight is 508 g/mol. The second kappa shape index (κ2) is 13.7. The summed E-state index contributed by atoms with van der Waals surface area (Å²) in [5, 5.41) is 0. The fourth-order valence-electron chi connectivity index (χ4n) is 5.56. The Hall–Kier alpha value is -1.48. The van der Waals surface area contributed by atoms with E-state index in [0.29, 0.717) is 19.1 Å². The van der Waals surface area contributed by atoms with Crippen molar-refractivity contribution in [3.63, 3.8) is 0 Å². The summed E-state index contributed by atoms with van der Waals surface area (Å²) in [5.41, 5.74) is 1.88. The Balaban J connectivity index is 1.37. The summed E-state index contributed by atoms with van der Waals surface area (Å²) in [4.78, 5) is 17.9. The Bertz CT molecular complexity index is 836. The Labute approximate surface area is 214 Å². The summed E-state index contributed by atoms with van der Waals surface area (Å²) in [6.07, 6.45) is 7.75. The predicted octanol–water partition coefficient (Wildman–Crippen LogP) is 3.64. The van der Waals surface area contributed by atoms with Crippen molar-refractivity contribution in [2.45, 2.75) is 57.3 Å². The van der Waals surface area contributed by atoms with Gasteiger partial charge in [0.1, 0.15) is 23.3 Å². The third-order valence-electron chi connectivity index (χ3n) is 7.47. The summed E-state index contributed by atoms with van der Waals surface area (Å²) >= 11 is 0. The first kappa shape index (κ1) is 28.1. The Morgan fingerprint density at radius 2 is 1.74 bits per heavy atom. The molecule has 1 saturated carbocycles.